The first-order valence-corrected chi connectivity index (χ1v) is 6.70. The molecule has 1 aromatic rings. The number of benzene rings is 1. The highest BCUT2D eigenvalue weighted by molar-refractivity contribution is 6.34. The van der Waals surface area contributed by atoms with E-state index in [0.717, 1.165) is 6.42 Å². The van der Waals surface area contributed by atoms with Gasteiger partial charge in [-0.3, -0.25) is 14.9 Å². The Morgan fingerprint density at radius 2 is 2.35 bits per heavy atom. The van der Waals surface area contributed by atoms with Crippen LogP contribution in [0.4, 0.5) is 5.69 Å². The number of ether oxygens (including phenoxy) is 1. The number of nitrogens with zero attached hydrogens (tertiary/aromatic N) is 1. The van der Waals surface area contributed by atoms with Crippen molar-refractivity contribution >= 4 is 23.2 Å². The van der Waals surface area contributed by atoms with Crippen molar-refractivity contribution < 1.29 is 14.5 Å². The molecule has 0 radical (unpaired) electrons. The van der Waals surface area contributed by atoms with Gasteiger partial charge in [0, 0.05) is 31.2 Å². The maximum atomic E-state index is 12.0. The van der Waals surface area contributed by atoms with E-state index in [9.17, 15) is 14.9 Å². The summed E-state index contributed by atoms with van der Waals surface area (Å²) in [5, 5.41) is 13.5. The Bertz CT molecular complexity index is 535. The van der Waals surface area contributed by atoms with E-state index in [2.05, 4.69) is 5.32 Å². The van der Waals surface area contributed by atoms with Gasteiger partial charge in [0.15, 0.2) is 0 Å². The lowest BCUT2D eigenvalue weighted by Crippen LogP contribution is -2.32. The van der Waals surface area contributed by atoms with E-state index in [4.69, 9.17) is 16.3 Å². The molecule has 0 aromatic heterocycles. The Kier molecular flexibility index (Phi) is 4.57. The van der Waals surface area contributed by atoms with E-state index in [-0.39, 0.29) is 34.2 Å². The van der Waals surface area contributed by atoms with Crippen LogP contribution in [0, 0.1) is 16.0 Å². The van der Waals surface area contributed by atoms with Crippen LogP contribution < -0.4 is 5.32 Å². The normalized spacial score (nSPS) is 21.7. The van der Waals surface area contributed by atoms with Crippen LogP contribution in [0.3, 0.4) is 0 Å². The average Bonchev–Trinajstić information content (AvgIpc) is 2.81. The lowest BCUT2D eigenvalue weighted by atomic mass is 10.0. The summed E-state index contributed by atoms with van der Waals surface area (Å²) in [5.74, 6) is -0.0419. The zero-order chi connectivity index (χ0) is 14.7. The molecule has 1 aliphatic rings. The van der Waals surface area contributed by atoms with Crippen LogP contribution in [0.2, 0.25) is 5.02 Å². The summed E-state index contributed by atoms with van der Waals surface area (Å²) in [7, 11) is 0. The predicted molar refractivity (Wildman–Crippen MR) is 74.0 cm³/mol. The number of carbonyl (C=O) groups is 1. The number of halogens is 1. The molecule has 1 fully saturated rings. The zero-order valence-corrected chi connectivity index (χ0v) is 11.7. The molecule has 0 spiro atoms. The zero-order valence-electron chi connectivity index (χ0n) is 11.0. The van der Waals surface area contributed by atoms with Crippen molar-refractivity contribution in [1.29, 1.82) is 0 Å². The predicted octanol–water partition coefficient (Wildman–Crippen LogP) is 2.40. The number of nitro groups is 1. The van der Waals surface area contributed by atoms with Crippen molar-refractivity contribution in [1.82, 2.24) is 5.32 Å². The van der Waals surface area contributed by atoms with Crippen LogP contribution in [0.25, 0.3) is 0 Å². The minimum absolute atomic E-state index is 0.0763. The second kappa shape index (κ2) is 6.19. The molecule has 2 rings (SSSR count). The third-order valence-electron chi connectivity index (χ3n) is 3.47. The molecule has 7 heteroatoms. The molecule has 1 heterocycles. The van der Waals surface area contributed by atoms with E-state index in [1.54, 1.807) is 0 Å². The monoisotopic (exact) mass is 298 g/mol. The van der Waals surface area contributed by atoms with Gasteiger partial charge in [-0.05, 0) is 19.4 Å². The third kappa shape index (κ3) is 3.26. The molecule has 0 bridgehead atoms. The molecule has 6 nitrogen and oxygen atoms in total. The van der Waals surface area contributed by atoms with Crippen molar-refractivity contribution in [3.8, 4) is 0 Å². The molecular weight excluding hydrogens is 284 g/mol. The molecule has 0 aliphatic carbocycles. The second-order valence-corrected chi connectivity index (χ2v) is 5.16. The van der Waals surface area contributed by atoms with Gasteiger partial charge >= 0.3 is 0 Å². The Balaban J connectivity index is 2.00. The number of carbonyl (C=O) groups excluding carboxylic acids is 1. The molecule has 2 unspecified atom stereocenters. The molecule has 20 heavy (non-hydrogen) atoms. The van der Waals surface area contributed by atoms with Crippen LogP contribution in [0.1, 0.15) is 23.7 Å². The highest BCUT2D eigenvalue weighted by Crippen LogP contribution is 2.23. The minimum Gasteiger partial charge on any atom is -0.378 e. The van der Waals surface area contributed by atoms with Gasteiger partial charge < -0.3 is 10.1 Å². The van der Waals surface area contributed by atoms with E-state index < -0.39 is 4.92 Å². The van der Waals surface area contributed by atoms with Crippen molar-refractivity contribution in [3.63, 3.8) is 0 Å². The molecule has 1 aromatic carbocycles. The van der Waals surface area contributed by atoms with Crippen molar-refractivity contribution in [3.05, 3.63) is 38.9 Å². The molecule has 0 saturated carbocycles. The fraction of sp³-hybridized carbons (Fsp3) is 0.462. The Hall–Kier alpha value is -1.66. The largest absolute Gasteiger partial charge is 0.378 e. The van der Waals surface area contributed by atoms with Crippen LogP contribution in [-0.2, 0) is 4.74 Å². The number of amides is 1. The first-order valence-electron chi connectivity index (χ1n) is 6.33. The fourth-order valence-corrected chi connectivity index (χ4v) is 2.43. The molecule has 108 valence electrons. The quantitative estimate of drug-likeness (QED) is 0.683. The summed E-state index contributed by atoms with van der Waals surface area (Å²) in [4.78, 5) is 22.1. The molecule has 1 amide bonds. The average molecular weight is 299 g/mol. The number of non-ortho nitro benzene ring substituents is 1. The van der Waals surface area contributed by atoms with Gasteiger partial charge in [0.25, 0.3) is 11.6 Å². The maximum absolute atomic E-state index is 12.0. The molecular formula is C13H15ClN2O4. The summed E-state index contributed by atoms with van der Waals surface area (Å²) < 4.78 is 5.42. The number of nitro benzene ring substituents is 1. The van der Waals surface area contributed by atoms with Gasteiger partial charge in [0.2, 0.25) is 0 Å². The molecule has 2 atom stereocenters. The molecule has 1 N–H and O–H groups in total. The number of nitrogens with one attached hydrogen (secondary N) is 1. The van der Waals surface area contributed by atoms with Gasteiger partial charge in [-0.2, -0.15) is 0 Å². The number of rotatable bonds is 4. The van der Waals surface area contributed by atoms with E-state index in [1.165, 1.54) is 18.2 Å². The standard InChI is InChI=1S/C13H15ClN2O4/c1-8-9(4-5-20-8)7-15-13(17)11-3-2-10(16(18)19)6-12(11)14/h2-3,6,8-9H,4-5,7H2,1H3,(H,15,17). The first-order chi connectivity index (χ1) is 9.49. The van der Waals surface area contributed by atoms with Crippen molar-refractivity contribution in [2.45, 2.75) is 19.4 Å². The molecule has 1 aliphatic heterocycles. The lowest BCUT2D eigenvalue weighted by molar-refractivity contribution is -0.384. The van der Waals surface area contributed by atoms with Gasteiger partial charge in [0.05, 0.1) is 21.6 Å². The Morgan fingerprint density at radius 3 is 2.90 bits per heavy atom. The highest BCUT2D eigenvalue weighted by atomic mass is 35.5. The molecule has 1 saturated heterocycles. The Labute approximate surface area is 121 Å². The van der Waals surface area contributed by atoms with Gasteiger partial charge in [0.1, 0.15) is 0 Å². The Morgan fingerprint density at radius 1 is 1.60 bits per heavy atom. The van der Waals surface area contributed by atoms with Crippen LogP contribution >= 0.6 is 11.6 Å². The van der Waals surface area contributed by atoms with E-state index in [0.29, 0.717) is 13.2 Å². The highest BCUT2D eigenvalue weighted by Gasteiger charge is 2.25. The second-order valence-electron chi connectivity index (χ2n) is 4.76. The summed E-state index contributed by atoms with van der Waals surface area (Å²) in [5.41, 5.74) is 0.105. The van der Waals surface area contributed by atoms with E-state index >= 15 is 0 Å². The summed E-state index contributed by atoms with van der Waals surface area (Å²) >= 11 is 5.90. The smallest absolute Gasteiger partial charge is 0.270 e. The third-order valence-corrected chi connectivity index (χ3v) is 3.78. The minimum atomic E-state index is -0.550. The topological polar surface area (TPSA) is 81.5 Å². The fourth-order valence-electron chi connectivity index (χ4n) is 2.16. The SMILES string of the molecule is CC1OCCC1CNC(=O)c1ccc([N+](=O)[O-])cc1Cl. The summed E-state index contributed by atoms with van der Waals surface area (Å²) in [6.45, 7) is 3.19. The van der Waals surface area contributed by atoms with Crippen LogP contribution in [0.5, 0.6) is 0 Å². The van der Waals surface area contributed by atoms with Crippen LogP contribution in [0.15, 0.2) is 18.2 Å². The van der Waals surface area contributed by atoms with Crippen LogP contribution in [-0.4, -0.2) is 30.1 Å². The van der Waals surface area contributed by atoms with Gasteiger partial charge in [-0.25, -0.2) is 0 Å². The maximum Gasteiger partial charge on any atom is 0.270 e. The van der Waals surface area contributed by atoms with Crippen molar-refractivity contribution in [2.24, 2.45) is 5.92 Å². The number of hydrogen-bond acceptors (Lipinski definition) is 4. The lowest BCUT2D eigenvalue weighted by Gasteiger charge is -2.15. The van der Waals surface area contributed by atoms with Crippen molar-refractivity contribution in [2.75, 3.05) is 13.2 Å². The first kappa shape index (κ1) is 14.7. The summed E-state index contributed by atoms with van der Waals surface area (Å²) in [6.07, 6.45) is 1.04. The van der Waals surface area contributed by atoms with Gasteiger partial charge in [-0.15, -0.1) is 0 Å². The van der Waals surface area contributed by atoms with E-state index in [1.807, 2.05) is 6.92 Å². The summed E-state index contributed by atoms with van der Waals surface area (Å²) in [6, 6.07) is 3.81. The number of hydrogen-bond donors (Lipinski definition) is 1. The van der Waals surface area contributed by atoms with Gasteiger partial charge in [-0.1, -0.05) is 11.6 Å².